The Labute approximate surface area is 184 Å². The van der Waals surface area contributed by atoms with E-state index < -0.39 is 22.4 Å². The Bertz CT molecular complexity index is 875. The van der Waals surface area contributed by atoms with Crippen molar-refractivity contribution in [1.82, 2.24) is 10.1 Å². The highest BCUT2D eigenvalue weighted by atomic mass is 17.0. The molecule has 7 nitrogen and oxygen atoms in total. The minimum atomic E-state index is -0.536. The van der Waals surface area contributed by atoms with E-state index in [9.17, 15) is 4.79 Å². The van der Waals surface area contributed by atoms with Crippen LogP contribution in [0, 0.1) is 0 Å². The molecule has 0 unspecified atom stereocenters. The summed E-state index contributed by atoms with van der Waals surface area (Å²) in [5.74, 6) is 0.792. The Kier molecular flexibility index (Phi) is 5.06. The summed E-state index contributed by atoms with van der Waals surface area (Å²) in [5.41, 5.74) is -0.264. The van der Waals surface area contributed by atoms with E-state index in [1.54, 1.807) is 10.1 Å². The number of fused-ring (bicyclic) bond motifs is 1. The first-order valence-electron chi connectivity index (χ1n) is 11.0. The molecule has 3 heterocycles. The summed E-state index contributed by atoms with van der Waals surface area (Å²) in [6.45, 7) is 14.8. The maximum atomic E-state index is 12.5. The molecule has 0 radical (unpaired) electrons. The van der Waals surface area contributed by atoms with Gasteiger partial charge < -0.3 is 14.4 Å². The molecule has 0 aromatic heterocycles. The van der Waals surface area contributed by atoms with Crippen LogP contribution in [-0.4, -0.2) is 51.7 Å². The zero-order valence-corrected chi connectivity index (χ0v) is 19.7. The molecule has 0 saturated carbocycles. The van der Waals surface area contributed by atoms with Crippen LogP contribution in [0.1, 0.15) is 66.9 Å². The average Bonchev–Trinajstić information content (AvgIpc) is 2.87. The standard InChI is InChI=1S/C24H34N2O5/c1-21(2,3)29-20(27)25-14-12-24(13-15-25)16-18(17-10-8-9-11-19(17)28-24)26-30-22(4,5)23(6,7)31-26/h8-11,16H,12-15H2,1-7H3. The number of ether oxygens (including phenoxy) is 2. The van der Waals surface area contributed by atoms with Crippen LogP contribution in [-0.2, 0) is 14.4 Å². The maximum Gasteiger partial charge on any atom is 0.410 e. The predicted molar refractivity (Wildman–Crippen MR) is 117 cm³/mol. The Morgan fingerprint density at radius 1 is 1.00 bits per heavy atom. The number of likely N-dealkylation sites (tertiary alicyclic amines) is 1. The predicted octanol–water partition coefficient (Wildman–Crippen LogP) is 4.93. The average molecular weight is 431 g/mol. The third kappa shape index (κ3) is 4.13. The number of hydrogen-bond donors (Lipinski definition) is 0. The van der Waals surface area contributed by atoms with Gasteiger partial charge in [-0.1, -0.05) is 12.1 Å². The Hall–Kier alpha value is -2.25. The summed E-state index contributed by atoms with van der Waals surface area (Å²) < 4.78 is 12.0. The summed E-state index contributed by atoms with van der Waals surface area (Å²) in [4.78, 5) is 26.7. The maximum absolute atomic E-state index is 12.5. The molecule has 170 valence electrons. The first-order valence-corrected chi connectivity index (χ1v) is 11.0. The highest BCUT2D eigenvalue weighted by Crippen LogP contribution is 2.47. The van der Waals surface area contributed by atoms with Crippen molar-refractivity contribution in [3.8, 4) is 5.75 Å². The van der Waals surface area contributed by atoms with Crippen molar-refractivity contribution in [2.24, 2.45) is 0 Å². The number of benzene rings is 1. The summed E-state index contributed by atoms with van der Waals surface area (Å²) >= 11 is 0. The van der Waals surface area contributed by atoms with Gasteiger partial charge in [-0.05, 0) is 66.7 Å². The van der Waals surface area contributed by atoms with E-state index in [2.05, 4.69) is 6.08 Å². The smallest absolute Gasteiger partial charge is 0.410 e. The molecular weight excluding hydrogens is 396 g/mol. The lowest BCUT2D eigenvalue weighted by molar-refractivity contribution is -0.282. The molecule has 0 aliphatic carbocycles. The van der Waals surface area contributed by atoms with Gasteiger partial charge in [-0.3, -0.25) is 0 Å². The van der Waals surface area contributed by atoms with Crippen LogP contribution in [0.4, 0.5) is 4.79 Å². The van der Waals surface area contributed by atoms with Gasteiger partial charge in [0.2, 0.25) is 0 Å². The first-order chi connectivity index (χ1) is 14.3. The fraction of sp³-hybridized carbons (Fsp3) is 0.625. The van der Waals surface area contributed by atoms with Crippen molar-refractivity contribution < 1.29 is 23.9 Å². The number of hydrogen-bond acceptors (Lipinski definition) is 6. The molecule has 3 aliphatic heterocycles. The molecule has 1 spiro atoms. The topological polar surface area (TPSA) is 60.5 Å². The van der Waals surface area contributed by atoms with Gasteiger partial charge in [-0.15, -0.1) is 5.23 Å². The van der Waals surface area contributed by atoms with E-state index in [0.717, 1.165) is 17.0 Å². The van der Waals surface area contributed by atoms with Gasteiger partial charge in [0.05, 0.1) is 0 Å². The van der Waals surface area contributed by atoms with Gasteiger partial charge in [0.1, 0.15) is 33.9 Å². The molecule has 7 heteroatoms. The molecule has 1 aromatic carbocycles. The van der Waals surface area contributed by atoms with Crippen LogP contribution < -0.4 is 4.74 Å². The second-order valence-corrected chi connectivity index (χ2v) is 10.6. The van der Waals surface area contributed by atoms with Gasteiger partial charge in [-0.2, -0.15) is 0 Å². The van der Waals surface area contributed by atoms with E-state index in [0.29, 0.717) is 25.9 Å². The van der Waals surface area contributed by atoms with Crippen LogP contribution >= 0.6 is 0 Å². The molecule has 0 N–H and O–H groups in total. The first kappa shape index (κ1) is 22.0. The number of piperidine rings is 1. The van der Waals surface area contributed by atoms with Crippen LogP contribution in [0.25, 0.3) is 5.70 Å². The zero-order valence-electron chi connectivity index (χ0n) is 19.7. The highest BCUT2D eigenvalue weighted by molar-refractivity contribution is 5.72. The van der Waals surface area contributed by atoms with Crippen molar-refractivity contribution in [1.29, 1.82) is 0 Å². The molecule has 0 bridgehead atoms. The van der Waals surface area contributed by atoms with E-state index in [1.165, 1.54) is 0 Å². The quantitative estimate of drug-likeness (QED) is 0.630. The largest absolute Gasteiger partial charge is 0.482 e. The second kappa shape index (κ2) is 7.14. The fourth-order valence-electron chi connectivity index (χ4n) is 3.89. The lowest BCUT2D eigenvalue weighted by Crippen LogP contribution is -2.51. The number of rotatable bonds is 1. The van der Waals surface area contributed by atoms with Crippen molar-refractivity contribution in [2.75, 3.05) is 13.1 Å². The minimum absolute atomic E-state index is 0.280. The third-order valence-corrected chi connectivity index (χ3v) is 6.41. The number of nitrogens with zero attached hydrogens (tertiary/aromatic N) is 2. The van der Waals surface area contributed by atoms with Crippen LogP contribution in [0.15, 0.2) is 30.3 Å². The molecule has 2 fully saturated rings. The van der Waals surface area contributed by atoms with Crippen LogP contribution in [0.2, 0.25) is 0 Å². The second-order valence-electron chi connectivity index (χ2n) is 10.6. The van der Waals surface area contributed by atoms with Gasteiger partial charge in [0.25, 0.3) is 0 Å². The Morgan fingerprint density at radius 3 is 2.16 bits per heavy atom. The molecule has 2 saturated heterocycles. The number of carbonyl (C=O) groups excluding carboxylic acids is 1. The van der Waals surface area contributed by atoms with Gasteiger partial charge >= 0.3 is 6.09 Å². The number of amides is 1. The van der Waals surface area contributed by atoms with E-state index >= 15 is 0 Å². The Balaban J connectivity index is 1.59. The van der Waals surface area contributed by atoms with Crippen molar-refractivity contribution in [3.05, 3.63) is 35.9 Å². The molecule has 3 aliphatic rings. The molecule has 1 aromatic rings. The van der Waals surface area contributed by atoms with E-state index in [-0.39, 0.29) is 6.09 Å². The van der Waals surface area contributed by atoms with Crippen LogP contribution in [0.5, 0.6) is 5.75 Å². The number of carbonyl (C=O) groups is 1. The molecule has 1 amide bonds. The summed E-state index contributed by atoms with van der Waals surface area (Å²) in [6, 6.07) is 7.92. The van der Waals surface area contributed by atoms with E-state index in [1.807, 2.05) is 72.7 Å². The Morgan fingerprint density at radius 2 is 1.58 bits per heavy atom. The van der Waals surface area contributed by atoms with Gasteiger partial charge in [0, 0.05) is 31.5 Å². The normalized spacial score (nSPS) is 23.8. The fourth-order valence-corrected chi connectivity index (χ4v) is 3.89. The van der Waals surface area contributed by atoms with Crippen molar-refractivity contribution >= 4 is 11.8 Å². The molecule has 31 heavy (non-hydrogen) atoms. The minimum Gasteiger partial charge on any atom is -0.482 e. The van der Waals surface area contributed by atoms with E-state index in [4.69, 9.17) is 19.1 Å². The SMILES string of the molecule is CC(C)(C)OC(=O)N1CCC2(C=C(N3OC(C)(C)C(C)(C)O3)c3ccccc3O2)CC1. The van der Waals surface area contributed by atoms with Gasteiger partial charge in [-0.25, -0.2) is 14.5 Å². The molecule has 0 atom stereocenters. The van der Waals surface area contributed by atoms with Crippen LogP contribution in [0.3, 0.4) is 0 Å². The third-order valence-electron chi connectivity index (χ3n) is 6.41. The number of hydroxylamine groups is 2. The lowest BCUT2D eigenvalue weighted by Gasteiger charge is -2.43. The number of para-hydroxylation sites is 1. The zero-order chi connectivity index (χ0) is 22.7. The summed E-state index contributed by atoms with van der Waals surface area (Å²) in [6.07, 6.45) is 3.13. The summed E-state index contributed by atoms with van der Waals surface area (Å²) in [7, 11) is 0. The van der Waals surface area contributed by atoms with Crippen molar-refractivity contribution in [3.63, 3.8) is 0 Å². The molecular formula is C24H34N2O5. The molecule has 4 rings (SSSR count). The van der Waals surface area contributed by atoms with Gasteiger partial charge in [0.15, 0.2) is 0 Å². The summed E-state index contributed by atoms with van der Waals surface area (Å²) in [5, 5.41) is 1.54. The lowest BCUT2D eigenvalue weighted by atomic mass is 9.87. The van der Waals surface area contributed by atoms with Crippen molar-refractivity contribution in [2.45, 2.75) is 83.7 Å². The highest BCUT2D eigenvalue weighted by Gasteiger charge is 2.52. The monoisotopic (exact) mass is 430 g/mol.